The van der Waals surface area contributed by atoms with Gasteiger partial charge in [-0.2, -0.15) is 0 Å². The van der Waals surface area contributed by atoms with Crippen LogP contribution < -0.4 is 0 Å². The van der Waals surface area contributed by atoms with Crippen molar-refractivity contribution in [2.45, 2.75) is 26.4 Å². The van der Waals surface area contributed by atoms with E-state index in [0.717, 1.165) is 6.54 Å². The zero-order chi connectivity index (χ0) is 11.1. The zero-order valence-corrected chi connectivity index (χ0v) is 9.72. The number of nitrogens with zero attached hydrogens (tertiary/aromatic N) is 2. The maximum absolute atomic E-state index is 4.62. The van der Waals surface area contributed by atoms with Crippen LogP contribution in [0, 0.1) is 5.92 Å². The number of aliphatic imine (C=N–C) groups is 1. The van der Waals surface area contributed by atoms with Crippen LogP contribution in [0.5, 0.6) is 0 Å². The fourth-order valence-electron chi connectivity index (χ4n) is 2.33. The minimum atomic E-state index is 0.420. The van der Waals surface area contributed by atoms with Gasteiger partial charge in [0.05, 0.1) is 11.7 Å². The van der Waals surface area contributed by atoms with Gasteiger partial charge >= 0.3 is 0 Å². The van der Waals surface area contributed by atoms with Crippen LogP contribution in [0.25, 0.3) is 10.9 Å². The highest BCUT2D eigenvalue weighted by atomic mass is 15.1. The van der Waals surface area contributed by atoms with E-state index in [9.17, 15) is 0 Å². The van der Waals surface area contributed by atoms with Gasteiger partial charge in [0.2, 0.25) is 0 Å². The normalized spacial score (nSPS) is 19.3. The van der Waals surface area contributed by atoms with E-state index >= 15 is 0 Å². The predicted octanol–water partition coefficient (Wildman–Crippen LogP) is 3.10. The standard InChI is InChI=1S/C14H16N2/c1-10(2)13-9-16-12(8-15-13)7-11-5-3-4-6-14(11)16/h3-8,10,13H,9H2,1-2H3/t13-/m0/s1. The number of hydrogen-bond donors (Lipinski definition) is 0. The summed E-state index contributed by atoms with van der Waals surface area (Å²) in [7, 11) is 0. The lowest BCUT2D eigenvalue weighted by atomic mass is 10.0. The Labute approximate surface area is 95.6 Å². The van der Waals surface area contributed by atoms with Gasteiger partial charge in [-0.3, -0.25) is 4.99 Å². The molecule has 0 aliphatic carbocycles. The lowest BCUT2D eigenvalue weighted by Crippen LogP contribution is -2.25. The first-order chi connectivity index (χ1) is 7.75. The molecule has 2 heteroatoms. The zero-order valence-electron chi connectivity index (χ0n) is 9.72. The van der Waals surface area contributed by atoms with Gasteiger partial charge in [0.15, 0.2) is 0 Å². The second-order valence-electron chi connectivity index (χ2n) is 4.83. The van der Waals surface area contributed by atoms with Crippen LogP contribution in [0.1, 0.15) is 19.5 Å². The molecule has 82 valence electrons. The van der Waals surface area contributed by atoms with Crippen molar-refractivity contribution in [2.75, 3.05) is 0 Å². The minimum Gasteiger partial charge on any atom is -0.338 e. The summed E-state index contributed by atoms with van der Waals surface area (Å²) in [6.45, 7) is 5.48. The monoisotopic (exact) mass is 212 g/mol. The number of benzene rings is 1. The Morgan fingerprint density at radius 3 is 2.94 bits per heavy atom. The molecule has 0 N–H and O–H groups in total. The van der Waals surface area contributed by atoms with E-state index < -0.39 is 0 Å². The Morgan fingerprint density at radius 1 is 1.31 bits per heavy atom. The van der Waals surface area contributed by atoms with Crippen LogP contribution >= 0.6 is 0 Å². The number of fused-ring (bicyclic) bond motifs is 3. The van der Waals surface area contributed by atoms with Gasteiger partial charge in [0.1, 0.15) is 0 Å². The summed E-state index contributed by atoms with van der Waals surface area (Å²) in [6.07, 6.45) is 2.02. The molecule has 1 aliphatic rings. The van der Waals surface area contributed by atoms with Crippen molar-refractivity contribution in [1.82, 2.24) is 4.57 Å². The van der Waals surface area contributed by atoms with E-state index in [0.29, 0.717) is 12.0 Å². The Bertz CT molecular complexity index is 549. The first kappa shape index (κ1) is 9.64. The van der Waals surface area contributed by atoms with Crippen molar-refractivity contribution >= 4 is 17.1 Å². The first-order valence-electron chi connectivity index (χ1n) is 5.87. The average Bonchev–Trinajstić information content (AvgIpc) is 2.66. The highest BCUT2D eigenvalue weighted by Gasteiger charge is 2.19. The second-order valence-corrected chi connectivity index (χ2v) is 4.83. The van der Waals surface area contributed by atoms with Crippen LogP contribution in [0.15, 0.2) is 35.3 Å². The molecule has 0 saturated heterocycles. The van der Waals surface area contributed by atoms with E-state index in [1.54, 1.807) is 0 Å². The number of hydrogen-bond acceptors (Lipinski definition) is 1. The van der Waals surface area contributed by atoms with Crippen molar-refractivity contribution in [3.05, 3.63) is 36.0 Å². The summed E-state index contributed by atoms with van der Waals surface area (Å²) in [5, 5.41) is 1.31. The van der Waals surface area contributed by atoms with Crippen molar-refractivity contribution < 1.29 is 0 Å². The van der Waals surface area contributed by atoms with E-state index in [4.69, 9.17) is 0 Å². The molecular weight excluding hydrogens is 196 g/mol. The summed E-state index contributed by atoms with van der Waals surface area (Å²) in [5.41, 5.74) is 2.56. The molecule has 2 nitrogen and oxygen atoms in total. The fraction of sp³-hybridized carbons (Fsp3) is 0.357. The molecule has 2 heterocycles. The number of aromatic nitrogens is 1. The molecule has 2 aromatic rings. The third-order valence-corrected chi connectivity index (χ3v) is 3.38. The van der Waals surface area contributed by atoms with E-state index in [-0.39, 0.29) is 0 Å². The van der Waals surface area contributed by atoms with Crippen LogP contribution in [0.3, 0.4) is 0 Å². The topological polar surface area (TPSA) is 17.3 Å². The molecule has 0 amide bonds. The molecular formula is C14H16N2. The SMILES string of the molecule is CC(C)[C@@H]1Cn2c(cc3ccccc32)C=N1. The summed E-state index contributed by atoms with van der Waals surface area (Å²) in [6, 6.07) is 11.2. The van der Waals surface area contributed by atoms with Crippen LogP contribution in [-0.2, 0) is 6.54 Å². The van der Waals surface area contributed by atoms with Gasteiger partial charge in [-0.05, 0) is 18.1 Å². The Kier molecular flexibility index (Phi) is 2.10. The Balaban J connectivity index is 2.14. The third kappa shape index (κ3) is 1.37. The first-order valence-corrected chi connectivity index (χ1v) is 5.87. The van der Waals surface area contributed by atoms with Gasteiger partial charge in [-0.15, -0.1) is 0 Å². The molecule has 1 aromatic heterocycles. The molecule has 1 aromatic carbocycles. The lowest BCUT2D eigenvalue weighted by molar-refractivity contribution is 0.434. The number of para-hydroxylation sites is 1. The fourth-order valence-corrected chi connectivity index (χ4v) is 2.33. The van der Waals surface area contributed by atoms with Crippen molar-refractivity contribution in [3.63, 3.8) is 0 Å². The summed E-state index contributed by atoms with van der Waals surface area (Å²) >= 11 is 0. The van der Waals surface area contributed by atoms with Gasteiger partial charge in [0, 0.05) is 23.7 Å². The third-order valence-electron chi connectivity index (χ3n) is 3.38. The lowest BCUT2D eigenvalue weighted by Gasteiger charge is -2.22. The number of rotatable bonds is 1. The average molecular weight is 212 g/mol. The molecule has 0 radical (unpaired) electrons. The summed E-state index contributed by atoms with van der Waals surface area (Å²) < 4.78 is 2.38. The molecule has 0 spiro atoms. The minimum absolute atomic E-state index is 0.420. The summed E-state index contributed by atoms with van der Waals surface area (Å²) in [5.74, 6) is 0.602. The van der Waals surface area contributed by atoms with Crippen LogP contribution in [-0.4, -0.2) is 16.8 Å². The smallest absolute Gasteiger partial charge is 0.0702 e. The van der Waals surface area contributed by atoms with Crippen molar-refractivity contribution in [1.29, 1.82) is 0 Å². The quantitative estimate of drug-likeness (QED) is 0.691. The highest BCUT2D eigenvalue weighted by molar-refractivity contribution is 5.91. The van der Waals surface area contributed by atoms with E-state index in [1.165, 1.54) is 16.6 Å². The van der Waals surface area contributed by atoms with Crippen LogP contribution in [0.4, 0.5) is 0 Å². The van der Waals surface area contributed by atoms with Crippen molar-refractivity contribution in [3.8, 4) is 0 Å². The van der Waals surface area contributed by atoms with Gasteiger partial charge in [0.25, 0.3) is 0 Å². The molecule has 0 unspecified atom stereocenters. The molecule has 0 saturated carbocycles. The molecule has 16 heavy (non-hydrogen) atoms. The Morgan fingerprint density at radius 2 is 2.12 bits per heavy atom. The maximum atomic E-state index is 4.62. The van der Waals surface area contributed by atoms with Crippen molar-refractivity contribution in [2.24, 2.45) is 10.9 Å². The van der Waals surface area contributed by atoms with Gasteiger partial charge in [-0.1, -0.05) is 32.0 Å². The summed E-state index contributed by atoms with van der Waals surface area (Å²) in [4.78, 5) is 4.62. The molecule has 3 rings (SSSR count). The van der Waals surface area contributed by atoms with Gasteiger partial charge < -0.3 is 4.57 Å². The Hall–Kier alpha value is -1.57. The van der Waals surface area contributed by atoms with Crippen LogP contribution in [0.2, 0.25) is 0 Å². The molecule has 1 aliphatic heterocycles. The van der Waals surface area contributed by atoms with Gasteiger partial charge in [-0.25, -0.2) is 0 Å². The second kappa shape index (κ2) is 3.48. The molecule has 0 bridgehead atoms. The van der Waals surface area contributed by atoms with E-state index in [2.05, 4.69) is 53.7 Å². The maximum Gasteiger partial charge on any atom is 0.0702 e. The molecule has 1 atom stereocenters. The van der Waals surface area contributed by atoms with E-state index in [1.807, 2.05) is 6.21 Å². The predicted molar refractivity (Wildman–Crippen MR) is 68.2 cm³/mol. The highest BCUT2D eigenvalue weighted by Crippen LogP contribution is 2.24. The molecule has 0 fully saturated rings. The largest absolute Gasteiger partial charge is 0.338 e.